The summed E-state index contributed by atoms with van der Waals surface area (Å²) in [5.41, 5.74) is 1.78. The molecule has 3 N–H and O–H groups in total. The summed E-state index contributed by atoms with van der Waals surface area (Å²) in [7, 11) is 0. The van der Waals surface area contributed by atoms with Crippen LogP contribution >= 0.6 is 0 Å². The van der Waals surface area contributed by atoms with Crippen LogP contribution in [0.25, 0.3) is 0 Å². The molecule has 0 radical (unpaired) electrons. The maximum Gasteiger partial charge on any atom is 0.251 e. The van der Waals surface area contributed by atoms with E-state index in [1.807, 2.05) is 18.2 Å². The Morgan fingerprint density at radius 3 is 2.41 bits per heavy atom. The number of benzene rings is 1. The van der Waals surface area contributed by atoms with E-state index in [0.717, 1.165) is 37.7 Å². The van der Waals surface area contributed by atoms with Crippen LogP contribution in [0.5, 0.6) is 0 Å². The Hall–Kier alpha value is -1.88. The monoisotopic (exact) mass is 443 g/mol. The van der Waals surface area contributed by atoms with Gasteiger partial charge in [-0.15, -0.1) is 0 Å². The van der Waals surface area contributed by atoms with Crippen LogP contribution in [0.3, 0.4) is 0 Å². The van der Waals surface area contributed by atoms with Crippen molar-refractivity contribution in [1.82, 2.24) is 16.0 Å². The summed E-state index contributed by atoms with van der Waals surface area (Å²) in [6.45, 7) is 15.2. The molecule has 0 aromatic heterocycles. The molecule has 2 amide bonds. The third-order valence-corrected chi connectivity index (χ3v) is 6.29. The molecule has 1 fully saturated rings. The van der Waals surface area contributed by atoms with Gasteiger partial charge in [0.25, 0.3) is 5.91 Å². The number of hydrogen-bond donors (Lipinski definition) is 3. The Morgan fingerprint density at radius 1 is 1.06 bits per heavy atom. The van der Waals surface area contributed by atoms with Crippen LogP contribution in [0.1, 0.15) is 103 Å². The Labute approximate surface area is 195 Å². The standard InChI is InChI=1S/C27H45N3O2/c1-8-9-11-19-17-22(30-27(5,6)7)14-15-23(19)29-24(31)18-28-25(32)20-12-10-13-21(16-20)26(2,3)4/h10,12-13,16,19,22-23,30H,8-9,11,14-15,17-18H2,1-7H3,(H,28,32)(H,29,31)/t19-,22-,23+/m1/s1. The Kier molecular flexibility index (Phi) is 9.32. The second-order valence-corrected chi connectivity index (χ2v) is 11.5. The van der Waals surface area contributed by atoms with Crippen molar-refractivity contribution in [2.24, 2.45) is 5.92 Å². The van der Waals surface area contributed by atoms with Crippen molar-refractivity contribution in [3.63, 3.8) is 0 Å². The van der Waals surface area contributed by atoms with Gasteiger partial charge in [0.2, 0.25) is 5.91 Å². The molecule has 5 nitrogen and oxygen atoms in total. The normalized spacial score (nSPS) is 21.8. The van der Waals surface area contributed by atoms with Crippen LogP contribution in [0, 0.1) is 5.92 Å². The van der Waals surface area contributed by atoms with E-state index in [-0.39, 0.29) is 35.4 Å². The van der Waals surface area contributed by atoms with E-state index in [4.69, 9.17) is 0 Å². The van der Waals surface area contributed by atoms with Crippen LogP contribution in [0.4, 0.5) is 0 Å². The number of unbranched alkanes of at least 4 members (excludes halogenated alkanes) is 1. The summed E-state index contributed by atoms with van der Waals surface area (Å²) in [6, 6.07) is 8.33. The molecule has 1 aromatic carbocycles. The third-order valence-electron chi connectivity index (χ3n) is 6.29. The highest BCUT2D eigenvalue weighted by molar-refractivity contribution is 5.96. The van der Waals surface area contributed by atoms with Gasteiger partial charge < -0.3 is 16.0 Å². The van der Waals surface area contributed by atoms with E-state index in [1.54, 1.807) is 6.07 Å². The largest absolute Gasteiger partial charge is 0.352 e. The van der Waals surface area contributed by atoms with Gasteiger partial charge in [-0.1, -0.05) is 52.7 Å². The van der Waals surface area contributed by atoms with Crippen molar-refractivity contribution in [2.75, 3.05) is 6.54 Å². The number of carbonyl (C=O) groups excluding carboxylic acids is 2. The van der Waals surface area contributed by atoms with Crippen LogP contribution in [-0.4, -0.2) is 36.0 Å². The van der Waals surface area contributed by atoms with Crippen molar-refractivity contribution >= 4 is 11.8 Å². The fourth-order valence-corrected chi connectivity index (χ4v) is 4.63. The van der Waals surface area contributed by atoms with E-state index >= 15 is 0 Å². The van der Waals surface area contributed by atoms with Gasteiger partial charge in [0, 0.05) is 23.2 Å². The maximum absolute atomic E-state index is 12.7. The van der Waals surface area contributed by atoms with Crippen molar-refractivity contribution in [3.8, 4) is 0 Å². The highest BCUT2D eigenvalue weighted by atomic mass is 16.2. The summed E-state index contributed by atoms with van der Waals surface area (Å²) in [4.78, 5) is 25.3. The molecule has 1 aliphatic rings. The lowest BCUT2D eigenvalue weighted by Crippen LogP contribution is -2.52. The Balaban J connectivity index is 1.91. The van der Waals surface area contributed by atoms with Gasteiger partial charge in [-0.3, -0.25) is 9.59 Å². The predicted octanol–water partition coefficient (Wildman–Crippen LogP) is 4.95. The molecule has 0 heterocycles. The van der Waals surface area contributed by atoms with E-state index in [2.05, 4.69) is 64.4 Å². The zero-order chi connectivity index (χ0) is 23.9. The summed E-state index contributed by atoms with van der Waals surface area (Å²) >= 11 is 0. The molecular formula is C27H45N3O2. The fraction of sp³-hybridized carbons (Fsp3) is 0.704. The van der Waals surface area contributed by atoms with Crippen LogP contribution in [-0.2, 0) is 10.2 Å². The first-order valence-electron chi connectivity index (χ1n) is 12.3. The average Bonchev–Trinajstić information content (AvgIpc) is 2.70. The second-order valence-electron chi connectivity index (χ2n) is 11.5. The molecular weight excluding hydrogens is 398 g/mol. The van der Waals surface area contributed by atoms with Crippen LogP contribution in [0.15, 0.2) is 24.3 Å². The average molecular weight is 444 g/mol. The molecule has 0 saturated heterocycles. The van der Waals surface area contributed by atoms with Gasteiger partial charge in [0.05, 0.1) is 6.54 Å². The van der Waals surface area contributed by atoms with Gasteiger partial charge >= 0.3 is 0 Å². The van der Waals surface area contributed by atoms with Crippen molar-refractivity contribution in [3.05, 3.63) is 35.4 Å². The topological polar surface area (TPSA) is 70.2 Å². The zero-order valence-electron chi connectivity index (χ0n) is 21.3. The highest BCUT2D eigenvalue weighted by Crippen LogP contribution is 2.30. The van der Waals surface area contributed by atoms with Gasteiger partial charge in [-0.2, -0.15) is 0 Å². The van der Waals surface area contributed by atoms with Crippen molar-refractivity contribution < 1.29 is 9.59 Å². The van der Waals surface area contributed by atoms with Gasteiger partial charge in [-0.05, 0) is 75.5 Å². The number of hydrogen-bond acceptors (Lipinski definition) is 3. The van der Waals surface area contributed by atoms with Crippen molar-refractivity contribution in [1.29, 1.82) is 0 Å². The van der Waals surface area contributed by atoms with E-state index in [1.165, 1.54) is 6.42 Å². The Bertz CT molecular complexity index is 761. The van der Waals surface area contributed by atoms with Crippen LogP contribution in [0.2, 0.25) is 0 Å². The summed E-state index contributed by atoms with van der Waals surface area (Å²) in [5, 5.41) is 9.77. The number of rotatable bonds is 8. The summed E-state index contributed by atoms with van der Waals surface area (Å²) in [6.07, 6.45) is 6.62. The molecule has 32 heavy (non-hydrogen) atoms. The summed E-state index contributed by atoms with van der Waals surface area (Å²) in [5.74, 6) is 0.178. The lowest BCUT2D eigenvalue weighted by molar-refractivity contribution is -0.121. The first-order valence-corrected chi connectivity index (χ1v) is 12.3. The van der Waals surface area contributed by atoms with E-state index in [9.17, 15) is 9.59 Å². The quantitative estimate of drug-likeness (QED) is 0.533. The molecule has 0 bridgehead atoms. The molecule has 3 atom stereocenters. The van der Waals surface area contributed by atoms with Gasteiger partial charge in [0.1, 0.15) is 0 Å². The smallest absolute Gasteiger partial charge is 0.251 e. The third kappa shape index (κ3) is 8.57. The summed E-state index contributed by atoms with van der Waals surface area (Å²) < 4.78 is 0. The molecule has 1 saturated carbocycles. The fourth-order valence-electron chi connectivity index (χ4n) is 4.63. The zero-order valence-corrected chi connectivity index (χ0v) is 21.3. The van der Waals surface area contributed by atoms with E-state index < -0.39 is 0 Å². The lowest BCUT2D eigenvalue weighted by Gasteiger charge is -2.40. The van der Waals surface area contributed by atoms with Gasteiger partial charge in [0.15, 0.2) is 0 Å². The first kappa shape index (κ1) is 26.4. The predicted molar refractivity (Wildman–Crippen MR) is 133 cm³/mol. The van der Waals surface area contributed by atoms with Crippen molar-refractivity contribution in [2.45, 2.75) is 110 Å². The molecule has 0 aliphatic heterocycles. The molecule has 1 aromatic rings. The van der Waals surface area contributed by atoms with E-state index in [0.29, 0.717) is 17.5 Å². The lowest BCUT2D eigenvalue weighted by atomic mass is 9.78. The molecule has 2 rings (SSSR count). The molecule has 180 valence electrons. The SMILES string of the molecule is CCCC[C@@H]1C[C@H](NC(C)(C)C)CC[C@@H]1NC(=O)CNC(=O)c1cccc(C(C)(C)C)c1. The minimum Gasteiger partial charge on any atom is -0.352 e. The number of carbonyl (C=O) groups is 2. The number of nitrogens with one attached hydrogen (secondary N) is 3. The minimum atomic E-state index is -0.202. The maximum atomic E-state index is 12.7. The molecule has 1 aliphatic carbocycles. The molecule has 0 unspecified atom stereocenters. The first-order chi connectivity index (χ1) is 14.9. The highest BCUT2D eigenvalue weighted by Gasteiger charge is 2.32. The second kappa shape index (κ2) is 11.3. The van der Waals surface area contributed by atoms with Crippen LogP contribution < -0.4 is 16.0 Å². The van der Waals surface area contributed by atoms with Gasteiger partial charge in [-0.25, -0.2) is 0 Å². The Morgan fingerprint density at radius 2 is 1.78 bits per heavy atom. The number of amides is 2. The molecule has 0 spiro atoms. The minimum absolute atomic E-state index is 0.0131. The molecule has 5 heteroatoms.